The number of ether oxygens (including phenoxy) is 2. The summed E-state index contributed by atoms with van der Waals surface area (Å²) in [4.78, 5) is 26.3. The second-order valence-corrected chi connectivity index (χ2v) is 7.88. The second-order valence-electron chi connectivity index (χ2n) is 7.88. The summed E-state index contributed by atoms with van der Waals surface area (Å²) in [7, 11) is 1.60. The van der Waals surface area contributed by atoms with Crippen molar-refractivity contribution < 1.29 is 14.3 Å². The van der Waals surface area contributed by atoms with Gasteiger partial charge in [0, 0.05) is 44.2 Å². The maximum absolute atomic E-state index is 13.8. The number of methoxy groups -OCH3 is 1. The van der Waals surface area contributed by atoms with Crippen LogP contribution in [0.2, 0.25) is 0 Å². The van der Waals surface area contributed by atoms with Crippen LogP contribution in [0.5, 0.6) is 11.6 Å². The number of hydrogen-bond donors (Lipinski definition) is 0. The summed E-state index contributed by atoms with van der Waals surface area (Å²) < 4.78 is 11.5. The molecule has 0 aliphatic carbocycles. The number of carbonyl (C=O) groups excluding carboxylic acids is 1. The first kappa shape index (κ1) is 19.5. The van der Waals surface area contributed by atoms with Gasteiger partial charge < -0.3 is 14.4 Å². The van der Waals surface area contributed by atoms with Crippen LogP contribution >= 0.6 is 0 Å². The van der Waals surface area contributed by atoms with Gasteiger partial charge in [0.15, 0.2) is 0 Å². The Kier molecular flexibility index (Phi) is 5.26. The van der Waals surface area contributed by atoms with Crippen LogP contribution in [0.3, 0.4) is 0 Å². The summed E-state index contributed by atoms with van der Waals surface area (Å²) in [5.41, 5.74) is 2.82. The highest BCUT2D eigenvalue weighted by Gasteiger charge is 2.42. The van der Waals surface area contributed by atoms with Crippen molar-refractivity contribution in [2.24, 2.45) is 0 Å². The van der Waals surface area contributed by atoms with Crippen molar-refractivity contribution in [3.63, 3.8) is 0 Å². The lowest BCUT2D eigenvalue weighted by Gasteiger charge is -2.31. The predicted molar refractivity (Wildman–Crippen MR) is 116 cm³/mol. The highest BCUT2D eigenvalue weighted by atomic mass is 16.5. The molecule has 1 amide bonds. The number of amides is 1. The Labute approximate surface area is 181 Å². The summed E-state index contributed by atoms with van der Waals surface area (Å²) in [6, 6.07) is 15.2. The average molecular weight is 416 g/mol. The van der Waals surface area contributed by atoms with Crippen LogP contribution < -0.4 is 14.4 Å². The lowest BCUT2D eigenvalue weighted by atomic mass is 10.1. The number of fused-ring (bicyclic) bond motifs is 3. The topological polar surface area (TPSA) is 67.8 Å². The molecule has 3 aromatic rings. The number of aromatic nitrogens is 2. The largest absolute Gasteiger partial charge is 0.487 e. The lowest BCUT2D eigenvalue weighted by molar-refractivity contribution is -0.123. The molecule has 2 aliphatic heterocycles. The van der Waals surface area contributed by atoms with Crippen molar-refractivity contribution in [2.75, 3.05) is 18.6 Å². The van der Waals surface area contributed by atoms with Gasteiger partial charge in [0.05, 0.1) is 25.4 Å². The molecule has 2 aromatic heterocycles. The molecule has 0 radical (unpaired) electrons. The first-order chi connectivity index (χ1) is 15.2. The summed E-state index contributed by atoms with van der Waals surface area (Å²) in [6.45, 7) is 1.77. The fourth-order valence-corrected chi connectivity index (χ4v) is 4.33. The molecule has 2 aliphatic rings. The van der Waals surface area contributed by atoms with Gasteiger partial charge in [-0.3, -0.25) is 14.7 Å². The fraction of sp³-hybridized carbons (Fsp3) is 0.292. The summed E-state index contributed by atoms with van der Waals surface area (Å²) >= 11 is 0. The van der Waals surface area contributed by atoms with Crippen molar-refractivity contribution >= 4 is 11.6 Å². The van der Waals surface area contributed by atoms with E-state index in [4.69, 9.17) is 9.47 Å². The van der Waals surface area contributed by atoms with Crippen LogP contribution in [0.15, 0.2) is 67.1 Å². The number of para-hydroxylation sites is 2. The Morgan fingerprint density at radius 1 is 1.06 bits per heavy atom. The van der Waals surface area contributed by atoms with Gasteiger partial charge in [-0.1, -0.05) is 24.3 Å². The summed E-state index contributed by atoms with van der Waals surface area (Å²) in [5, 5.41) is 0. The molecule has 7 nitrogen and oxygen atoms in total. The Balaban J connectivity index is 1.45. The van der Waals surface area contributed by atoms with Crippen molar-refractivity contribution in [2.45, 2.75) is 31.7 Å². The monoisotopic (exact) mass is 416 g/mol. The van der Waals surface area contributed by atoms with Crippen LogP contribution in [-0.2, 0) is 17.9 Å². The number of nitrogens with zero attached hydrogens (tertiary/aromatic N) is 4. The molecular formula is C24H24N4O3. The molecule has 4 heterocycles. The van der Waals surface area contributed by atoms with Gasteiger partial charge in [-0.15, -0.1) is 0 Å². The molecule has 158 valence electrons. The highest BCUT2D eigenvalue weighted by Crippen LogP contribution is 2.37. The molecule has 31 heavy (non-hydrogen) atoms. The van der Waals surface area contributed by atoms with E-state index in [1.807, 2.05) is 53.4 Å². The molecule has 0 spiro atoms. The SMILES string of the molecule is COc1ccc(CN2CC3CC2C(=O)N(Cc2cccnc2)c2ccccc2O3)cn1. The Hall–Kier alpha value is -3.45. The van der Waals surface area contributed by atoms with E-state index in [2.05, 4.69) is 14.9 Å². The minimum atomic E-state index is -0.253. The Bertz CT molecular complexity index is 1060. The van der Waals surface area contributed by atoms with Crippen LogP contribution in [0, 0.1) is 0 Å². The zero-order chi connectivity index (χ0) is 21.2. The van der Waals surface area contributed by atoms with Gasteiger partial charge in [-0.05, 0) is 29.3 Å². The molecule has 0 N–H and O–H groups in total. The zero-order valence-electron chi connectivity index (χ0n) is 17.3. The zero-order valence-corrected chi connectivity index (χ0v) is 17.3. The van der Waals surface area contributed by atoms with Crippen molar-refractivity contribution in [1.29, 1.82) is 0 Å². The molecule has 0 saturated carbocycles. The molecule has 2 atom stereocenters. The van der Waals surface area contributed by atoms with E-state index in [0.29, 0.717) is 31.9 Å². The Morgan fingerprint density at radius 2 is 1.94 bits per heavy atom. The molecular weight excluding hydrogens is 392 g/mol. The fourth-order valence-electron chi connectivity index (χ4n) is 4.33. The van der Waals surface area contributed by atoms with Crippen LogP contribution in [0.4, 0.5) is 5.69 Å². The first-order valence-electron chi connectivity index (χ1n) is 10.4. The minimum absolute atomic E-state index is 0.0261. The third kappa shape index (κ3) is 3.96. The van der Waals surface area contributed by atoms with Crippen molar-refractivity contribution in [1.82, 2.24) is 14.9 Å². The molecule has 7 heteroatoms. The van der Waals surface area contributed by atoms with E-state index in [1.165, 1.54) is 0 Å². The number of carbonyl (C=O) groups is 1. The van der Waals surface area contributed by atoms with Crippen LogP contribution in [0.1, 0.15) is 17.5 Å². The molecule has 2 bridgehead atoms. The number of benzene rings is 1. The van der Waals surface area contributed by atoms with E-state index >= 15 is 0 Å². The highest BCUT2D eigenvalue weighted by molar-refractivity contribution is 5.99. The second kappa shape index (κ2) is 8.35. The number of anilines is 1. The lowest BCUT2D eigenvalue weighted by Crippen LogP contribution is -2.45. The summed E-state index contributed by atoms with van der Waals surface area (Å²) in [6.07, 6.45) is 5.98. The van der Waals surface area contributed by atoms with Gasteiger partial charge in [0.1, 0.15) is 11.9 Å². The summed E-state index contributed by atoms with van der Waals surface area (Å²) in [5.74, 6) is 1.41. The first-order valence-corrected chi connectivity index (χ1v) is 10.4. The van der Waals surface area contributed by atoms with Gasteiger partial charge in [-0.2, -0.15) is 0 Å². The van der Waals surface area contributed by atoms with E-state index in [1.54, 1.807) is 25.7 Å². The third-order valence-electron chi connectivity index (χ3n) is 5.82. The number of pyridine rings is 2. The van der Waals surface area contributed by atoms with E-state index < -0.39 is 0 Å². The molecule has 1 aromatic carbocycles. The normalized spacial score (nSPS) is 20.5. The van der Waals surface area contributed by atoms with E-state index in [0.717, 1.165) is 22.6 Å². The van der Waals surface area contributed by atoms with Gasteiger partial charge >= 0.3 is 0 Å². The van der Waals surface area contributed by atoms with Gasteiger partial charge in [-0.25, -0.2) is 4.98 Å². The minimum Gasteiger partial charge on any atom is -0.487 e. The number of rotatable bonds is 5. The maximum Gasteiger partial charge on any atom is 0.244 e. The molecule has 1 saturated heterocycles. The quantitative estimate of drug-likeness (QED) is 0.637. The molecule has 1 fully saturated rings. The third-order valence-corrected chi connectivity index (χ3v) is 5.82. The maximum atomic E-state index is 13.8. The number of hydrogen-bond acceptors (Lipinski definition) is 6. The van der Waals surface area contributed by atoms with Gasteiger partial charge in [0.2, 0.25) is 11.8 Å². The smallest absolute Gasteiger partial charge is 0.244 e. The van der Waals surface area contributed by atoms with Crippen molar-refractivity contribution in [3.05, 3.63) is 78.2 Å². The van der Waals surface area contributed by atoms with E-state index in [-0.39, 0.29) is 18.1 Å². The van der Waals surface area contributed by atoms with Crippen LogP contribution in [0.25, 0.3) is 0 Å². The standard InChI is InChI=1S/C24H24N4O3/c1-30-23-9-8-18(13-26-23)14-27-16-19-11-21(27)24(29)28(15-17-5-4-10-25-12-17)20-6-2-3-7-22(20)31-19/h2-10,12-13,19,21H,11,14-16H2,1H3. The Morgan fingerprint density at radius 3 is 2.71 bits per heavy atom. The van der Waals surface area contributed by atoms with Gasteiger partial charge in [0.25, 0.3) is 0 Å². The predicted octanol–water partition coefficient (Wildman–Crippen LogP) is 3.05. The average Bonchev–Trinajstić information content (AvgIpc) is 3.21. The van der Waals surface area contributed by atoms with Crippen LogP contribution in [-0.4, -0.2) is 46.6 Å². The van der Waals surface area contributed by atoms with Crippen molar-refractivity contribution in [3.8, 4) is 11.6 Å². The van der Waals surface area contributed by atoms with E-state index in [9.17, 15) is 4.79 Å². The molecule has 5 rings (SSSR count). The number of likely N-dealkylation sites (tertiary alicyclic amines) is 1. The molecule has 2 unspecified atom stereocenters.